The molecule has 384 valence electrons. The Morgan fingerprint density at radius 3 is 1.96 bits per heavy atom. The van der Waals surface area contributed by atoms with Gasteiger partial charge < -0.3 is 9.80 Å². The van der Waals surface area contributed by atoms with Gasteiger partial charge in [0.1, 0.15) is 0 Å². The van der Waals surface area contributed by atoms with Crippen molar-refractivity contribution in [1.82, 2.24) is 0 Å². The first-order valence-corrected chi connectivity index (χ1v) is 29.1. The number of fused-ring (bicyclic) bond motifs is 7. The summed E-state index contributed by atoms with van der Waals surface area (Å²) in [7, 11) is 0. The lowest BCUT2D eigenvalue weighted by atomic mass is 9.79. The van der Waals surface area contributed by atoms with E-state index in [9.17, 15) is 0 Å². The van der Waals surface area contributed by atoms with Crippen LogP contribution in [0.2, 0.25) is 0 Å². The number of allylic oxidation sites excluding steroid dienone is 15. The largest absolute Gasteiger partial charge is 0.313 e. The molecule has 10 aromatic rings. The van der Waals surface area contributed by atoms with E-state index in [1.54, 1.807) is 0 Å². The molecule has 0 N–H and O–H groups in total. The fourth-order valence-electron chi connectivity index (χ4n) is 15.2. The Hall–Kier alpha value is -8.98. The average Bonchev–Trinajstić information content (AvgIpc) is 4.04. The molecule has 0 fully saturated rings. The van der Waals surface area contributed by atoms with Gasteiger partial charge in [-0.2, -0.15) is 0 Å². The van der Waals surface area contributed by atoms with E-state index < -0.39 is 0 Å². The van der Waals surface area contributed by atoms with Crippen LogP contribution in [0.15, 0.2) is 259 Å². The monoisotopic (exact) mass is 1030 g/mol. The summed E-state index contributed by atoms with van der Waals surface area (Å²) in [6, 6.07) is 67.5. The summed E-state index contributed by atoms with van der Waals surface area (Å²) in [5, 5.41) is 10.1. The maximum absolute atomic E-state index is 2.68. The van der Waals surface area contributed by atoms with Crippen molar-refractivity contribution in [3.63, 3.8) is 0 Å². The summed E-state index contributed by atoms with van der Waals surface area (Å²) >= 11 is 0. The van der Waals surface area contributed by atoms with Crippen molar-refractivity contribution in [1.29, 1.82) is 0 Å². The molecule has 16 rings (SSSR count). The minimum atomic E-state index is -0.168. The minimum Gasteiger partial charge on any atom is -0.313 e. The van der Waals surface area contributed by atoms with Crippen LogP contribution in [0.25, 0.3) is 76.5 Å². The first kappa shape index (κ1) is 47.1. The van der Waals surface area contributed by atoms with Crippen LogP contribution in [0.5, 0.6) is 0 Å². The molecule has 0 saturated heterocycles. The van der Waals surface area contributed by atoms with Crippen molar-refractivity contribution in [2.24, 2.45) is 5.92 Å². The van der Waals surface area contributed by atoms with Crippen molar-refractivity contribution < 1.29 is 0 Å². The predicted octanol–water partition coefficient (Wildman–Crippen LogP) is 21.1. The molecule has 1 atom stereocenters. The van der Waals surface area contributed by atoms with Gasteiger partial charge in [-0.15, -0.1) is 0 Å². The third-order valence-electron chi connectivity index (χ3n) is 19.0. The van der Waals surface area contributed by atoms with E-state index in [4.69, 9.17) is 0 Å². The molecule has 2 nitrogen and oxygen atoms in total. The highest BCUT2D eigenvalue weighted by Gasteiger charge is 2.40. The maximum atomic E-state index is 2.68. The van der Waals surface area contributed by atoms with Crippen molar-refractivity contribution in [2.75, 3.05) is 9.80 Å². The molecule has 0 heterocycles. The van der Waals surface area contributed by atoms with Gasteiger partial charge in [0, 0.05) is 60.8 Å². The SMILES string of the molecule is CC1(C)C2=C(CCC(N(c3cccc4ccccc34)c3cc(-c4ccccc4)c4ccc5c(N(C6=C7C=CC=CC7CC=C6)c6ccc7c(c6)C(C)(C)c6ccccc6-7)cc(C6=CCCC=C6)c6ccc3c4c65)=C2)c2ccccc21. The highest BCUT2D eigenvalue weighted by Crippen LogP contribution is 2.57. The lowest BCUT2D eigenvalue weighted by Gasteiger charge is -2.36. The van der Waals surface area contributed by atoms with Crippen LogP contribution in [-0.4, -0.2) is 0 Å². The average molecular weight is 1030 g/mol. The quantitative estimate of drug-likeness (QED) is 0.140. The fourth-order valence-corrected chi connectivity index (χ4v) is 15.2. The molecule has 0 aliphatic heterocycles. The number of anilines is 4. The summed E-state index contributed by atoms with van der Waals surface area (Å²) in [6.45, 7) is 9.68. The standard InChI is InChI=1S/C78H62N2/c1-77(2)67-33-17-15-31-57(67)59-39-37-53(45-69(59)77)79(71-35-19-27-49-25-11-13-29-55(49)71)73-47-65(51-21-7-5-8-22-51)61-42-44-64-74(48-66(52-23-9-6-10-24-52)62-41-43-63(73)75(61)76(62)64)80(72-36-20-28-50-26-12-14-30-56(50)72)54-38-40-60-58-32-16-18-34-68(58)78(3,4)70(60)46-54/h5,7-9,11-27,29-36,38,40-48,50H,6,10,28,37,39H2,1-4H3. The van der Waals surface area contributed by atoms with Crippen LogP contribution >= 0.6 is 0 Å². The lowest BCUT2D eigenvalue weighted by Crippen LogP contribution is -2.23. The summed E-state index contributed by atoms with van der Waals surface area (Å²) in [5.41, 5.74) is 24.6. The highest BCUT2D eigenvalue weighted by molar-refractivity contribution is 6.32. The highest BCUT2D eigenvalue weighted by atomic mass is 15.2. The summed E-state index contributed by atoms with van der Waals surface area (Å²) in [5.74, 6) is 0.293. The Balaban J connectivity index is 1.02. The molecular weight excluding hydrogens is 965 g/mol. The number of nitrogens with zero attached hydrogens (tertiary/aromatic N) is 2. The molecular formula is C78H62N2. The van der Waals surface area contributed by atoms with E-state index in [0.29, 0.717) is 5.92 Å². The molecule has 2 heteroatoms. The molecule has 10 aromatic carbocycles. The first-order chi connectivity index (χ1) is 39.2. The van der Waals surface area contributed by atoms with E-state index in [0.717, 1.165) is 32.1 Å². The first-order valence-electron chi connectivity index (χ1n) is 29.1. The van der Waals surface area contributed by atoms with E-state index in [1.165, 1.54) is 150 Å². The maximum Gasteiger partial charge on any atom is 0.0547 e. The summed E-state index contributed by atoms with van der Waals surface area (Å²) in [4.78, 5) is 5.32. The van der Waals surface area contributed by atoms with Gasteiger partial charge in [0.05, 0.1) is 17.1 Å². The van der Waals surface area contributed by atoms with E-state index in [-0.39, 0.29) is 10.8 Å². The Labute approximate surface area is 470 Å². The van der Waals surface area contributed by atoms with Gasteiger partial charge in [0.15, 0.2) is 0 Å². The van der Waals surface area contributed by atoms with Crippen LogP contribution in [-0.2, 0) is 10.8 Å². The third kappa shape index (κ3) is 6.91. The van der Waals surface area contributed by atoms with Gasteiger partial charge >= 0.3 is 0 Å². The number of benzene rings is 10. The van der Waals surface area contributed by atoms with E-state index in [1.807, 2.05) is 0 Å². The number of hydrogen-bond donors (Lipinski definition) is 0. The molecule has 80 heavy (non-hydrogen) atoms. The zero-order chi connectivity index (χ0) is 53.4. The Morgan fingerprint density at radius 2 is 1.15 bits per heavy atom. The van der Waals surface area contributed by atoms with Crippen LogP contribution in [0, 0.1) is 5.92 Å². The van der Waals surface area contributed by atoms with Crippen molar-refractivity contribution in [3.8, 4) is 22.3 Å². The van der Waals surface area contributed by atoms with Gasteiger partial charge in [-0.05, 0) is 163 Å². The summed E-state index contributed by atoms with van der Waals surface area (Å²) in [6.07, 6.45) is 28.8. The smallest absolute Gasteiger partial charge is 0.0547 e. The van der Waals surface area contributed by atoms with Gasteiger partial charge in [-0.3, -0.25) is 0 Å². The number of rotatable bonds is 8. The topological polar surface area (TPSA) is 6.48 Å². The minimum absolute atomic E-state index is 0.132. The fraction of sp³-hybridized carbons (Fsp3) is 0.154. The van der Waals surface area contributed by atoms with Crippen LogP contribution in [0.3, 0.4) is 0 Å². The molecule has 0 saturated carbocycles. The van der Waals surface area contributed by atoms with Gasteiger partial charge in [-0.1, -0.05) is 222 Å². The molecule has 0 spiro atoms. The molecule has 0 bridgehead atoms. The lowest BCUT2D eigenvalue weighted by molar-refractivity contribution is 0.648. The number of hydrogen-bond acceptors (Lipinski definition) is 2. The predicted molar refractivity (Wildman–Crippen MR) is 340 cm³/mol. The normalized spacial score (nSPS) is 18.2. The van der Waals surface area contributed by atoms with Crippen LogP contribution < -0.4 is 9.80 Å². The second-order valence-electron chi connectivity index (χ2n) is 24.1. The molecule has 0 amide bonds. The second-order valence-corrected chi connectivity index (χ2v) is 24.1. The van der Waals surface area contributed by atoms with Gasteiger partial charge in [-0.25, -0.2) is 0 Å². The van der Waals surface area contributed by atoms with Crippen molar-refractivity contribution >= 4 is 77.0 Å². The molecule has 1 unspecified atom stereocenters. The molecule has 0 aromatic heterocycles. The van der Waals surface area contributed by atoms with Crippen LogP contribution in [0.1, 0.15) is 87.6 Å². The molecule has 6 aliphatic rings. The van der Waals surface area contributed by atoms with Gasteiger partial charge in [0.25, 0.3) is 0 Å². The third-order valence-corrected chi connectivity index (χ3v) is 19.0. The van der Waals surface area contributed by atoms with E-state index >= 15 is 0 Å². The molecule has 0 radical (unpaired) electrons. The van der Waals surface area contributed by atoms with Crippen molar-refractivity contribution in [3.05, 3.63) is 287 Å². The summed E-state index contributed by atoms with van der Waals surface area (Å²) < 4.78 is 0. The van der Waals surface area contributed by atoms with Crippen LogP contribution in [0.4, 0.5) is 22.7 Å². The van der Waals surface area contributed by atoms with Crippen molar-refractivity contribution in [2.45, 2.75) is 70.6 Å². The van der Waals surface area contributed by atoms with E-state index in [2.05, 4.69) is 274 Å². The zero-order valence-corrected chi connectivity index (χ0v) is 46.0. The van der Waals surface area contributed by atoms with Gasteiger partial charge in [0.2, 0.25) is 0 Å². The second kappa shape index (κ2) is 17.8. The zero-order valence-electron chi connectivity index (χ0n) is 46.0. The Morgan fingerprint density at radius 1 is 0.463 bits per heavy atom. The molecule has 6 aliphatic carbocycles. The Bertz CT molecular complexity index is 4550. The Kier molecular flexibility index (Phi) is 10.5.